The Bertz CT molecular complexity index is 1190. The monoisotopic (exact) mass is 472 g/mol. The number of anilines is 1. The smallest absolute Gasteiger partial charge is 0.254 e. The van der Waals surface area contributed by atoms with Crippen LogP contribution in [0, 0.1) is 29.1 Å². The Kier molecular flexibility index (Phi) is 5.10. The number of fused-ring (bicyclic) bond motifs is 1. The van der Waals surface area contributed by atoms with E-state index in [0.29, 0.717) is 42.6 Å². The summed E-state index contributed by atoms with van der Waals surface area (Å²) in [4.78, 5) is 37.2. The van der Waals surface area contributed by atoms with Gasteiger partial charge in [-0.25, -0.2) is 9.97 Å². The minimum Gasteiger partial charge on any atom is -0.332 e. The average molecular weight is 473 g/mol. The number of nitrogens with one attached hydrogen (secondary N) is 1. The van der Waals surface area contributed by atoms with Crippen molar-refractivity contribution in [1.82, 2.24) is 14.9 Å². The minimum atomic E-state index is 0.0294. The van der Waals surface area contributed by atoms with Crippen molar-refractivity contribution >= 4 is 17.6 Å². The van der Waals surface area contributed by atoms with Crippen LogP contribution in [0.5, 0.6) is 0 Å². The highest BCUT2D eigenvalue weighted by Gasteiger charge is 2.60. The summed E-state index contributed by atoms with van der Waals surface area (Å²) in [6, 6.07) is 7.69. The molecule has 1 aliphatic heterocycles. The van der Waals surface area contributed by atoms with Gasteiger partial charge in [0, 0.05) is 24.1 Å². The SMILES string of the molecule is Cc1ccccc1C(=O)N1CCc2c(ncnc2NC(=O)CC23CC4CC(C)(CC(C)(C4)C2)C3)C1. The Morgan fingerprint density at radius 1 is 1.06 bits per heavy atom. The number of hydrogen-bond acceptors (Lipinski definition) is 4. The predicted octanol–water partition coefficient (Wildman–Crippen LogP) is 5.31. The van der Waals surface area contributed by atoms with E-state index in [9.17, 15) is 9.59 Å². The molecule has 4 bridgehead atoms. The van der Waals surface area contributed by atoms with E-state index < -0.39 is 0 Å². The first kappa shape index (κ1) is 22.7. The Morgan fingerprint density at radius 3 is 2.51 bits per heavy atom. The van der Waals surface area contributed by atoms with Gasteiger partial charge in [-0.2, -0.15) is 0 Å². The lowest BCUT2D eigenvalue weighted by Crippen LogP contribution is -2.55. The van der Waals surface area contributed by atoms with Crippen molar-refractivity contribution in [1.29, 1.82) is 0 Å². The molecule has 7 rings (SSSR count). The third-order valence-corrected chi connectivity index (χ3v) is 9.20. The number of nitrogens with zero attached hydrogens (tertiary/aromatic N) is 3. The topological polar surface area (TPSA) is 75.2 Å². The lowest BCUT2D eigenvalue weighted by Gasteiger charge is -2.65. The Labute approximate surface area is 207 Å². The zero-order valence-electron chi connectivity index (χ0n) is 21.2. The third kappa shape index (κ3) is 4.05. The molecular formula is C29H36N4O2. The van der Waals surface area contributed by atoms with E-state index in [1.54, 1.807) is 0 Å². The lowest BCUT2D eigenvalue weighted by atomic mass is 9.40. The number of amides is 2. The molecule has 5 aliphatic rings. The van der Waals surface area contributed by atoms with Crippen LogP contribution < -0.4 is 5.32 Å². The molecule has 6 heteroatoms. The second-order valence-electron chi connectivity index (χ2n) is 12.8. The van der Waals surface area contributed by atoms with E-state index in [-0.39, 0.29) is 17.2 Å². The first-order valence-electron chi connectivity index (χ1n) is 13.1. The molecule has 2 amide bonds. The van der Waals surface area contributed by atoms with Gasteiger partial charge in [0.1, 0.15) is 12.1 Å². The highest BCUT2D eigenvalue weighted by molar-refractivity contribution is 5.96. The first-order valence-corrected chi connectivity index (χ1v) is 13.1. The van der Waals surface area contributed by atoms with Gasteiger partial charge in [0.15, 0.2) is 0 Å². The Balaban J connectivity index is 1.17. The molecule has 0 saturated heterocycles. The number of carbonyl (C=O) groups is 2. The van der Waals surface area contributed by atoms with Crippen LogP contribution in [-0.2, 0) is 17.8 Å². The molecule has 1 N–H and O–H groups in total. The largest absolute Gasteiger partial charge is 0.332 e. The fraction of sp³-hybridized carbons (Fsp3) is 0.586. The molecule has 2 aromatic rings. The molecule has 4 aliphatic carbocycles. The van der Waals surface area contributed by atoms with Crippen molar-refractivity contribution in [2.75, 3.05) is 11.9 Å². The van der Waals surface area contributed by atoms with Crippen molar-refractivity contribution < 1.29 is 9.59 Å². The van der Waals surface area contributed by atoms with Gasteiger partial charge in [-0.05, 0) is 85.7 Å². The zero-order valence-corrected chi connectivity index (χ0v) is 21.2. The predicted molar refractivity (Wildman–Crippen MR) is 135 cm³/mol. The number of aromatic nitrogens is 2. The number of hydrogen-bond donors (Lipinski definition) is 1. The van der Waals surface area contributed by atoms with Gasteiger partial charge < -0.3 is 10.2 Å². The van der Waals surface area contributed by atoms with Gasteiger partial charge in [0.05, 0.1) is 12.2 Å². The van der Waals surface area contributed by atoms with Crippen LogP contribution in [-0.4, -0.2) is 33.2 Å². The molecule has 1 aromatic heterocycles. The van der Waals surface area contributed by atoms with Crippen molar-refractivity contribution in [3.63, 3.8) is 0 Å². The first-order chi connectivity index (χ1) is 16.6. The van der Waals surface area contributed by atoms with E-state index in [1.165, 1.54) is 44.9 Å². The van der Waals surface area contributed by atoms with Crippen LogP contribution >= 0.6 is 0 Å². The second-order valence-corrected chi connectivity index (χ2v) is 12.8. The number of aryl methyl sites for hydroxylation is 1. The molecule has 4 fully saturated rings. The fourth-order valence-electron chi connectivity index (χ4n) is 9.02. The van der Waals surface area contributed by atoms with E-state index >= 15 is 0 Å². The molecule has 0 radical (unpaired) electrons. The third-order valence-electron chi connectivity index (χ3n) is 9.20. The molecular weight excluding hydrogens is 436 g/mol. The number of benzene rings is 1. The highest BCUT2D eigenvalue weighted by Crippen LogP contribution is 2.70. The molecule has 2 atom stereocenters. The van der Waals surface area contributed by atoms with Crippen LogP contribution in [0.4, 0.5) is 5.82 Å². The van der Waals surface area contributed by atoms with Gasteiger partial charge in [0.25, 0.3) is 5.91 Å². The summed E-state index contributed by atoms with van der Waals surface area (Å²) in [6.07, 6.45) is 10.3. The molecule has 2 unspecified atom stereocenters. The summed E-state index contributed by atoms with van der Waals surface area (Å²) in [5.74, 6) is 1.52. The van der Waals surface area contributed by atoms with Gasteiger partial charge in [-0.15, -0.1) is 0 Å². The van der Waals surface area contributed by atoms with Crippen LogP contribution in [0.2, 0.25) is 0 Å². The molecule has 2 heterocycles. The maximum absolute atomic E-state index is 13.4. The van der Waals surface area contributed by atoms with Crippen LogP contribution in [0.1, 0.15) is 86.0 Å². The maximum atomic E-state index is 13.4. The summed E-state index contributed by atoms with van der Waals surface area (Å²) in [6.45, 7) is 7.90. The van der Waals surface area contributed by atoms with Crippen LogP contribution in [0.25, 0.3) is 0 Å². The summed E-state index contributed by atoms with van der Waals surface area (Å²) >= 11 is 0. The fourth-order valence-corrected chi connectivity index (χ4v) is 9.02. The molecule has 4 saturated carbocycles. The lowest BCUT2D eigenvalue weighted by molar-refractivity contribution is -0.153. The Hall–Kier alpha value is -2.76. The molecule has 0 spiro atoms. The van der Waals surface area contributed by atoms with Crippen molar-refractivity contribution in [3.8, 4) is 0 Å². The summed E-state index contributed by atoms with van der Waals surface area (Å²) in [5, 5.41) is 3.16. The standard InChI is InChI=1S/C29H36N4O2/c1-19-6-4-5-7-21(19)26(35)33-9-8-22-23(14-33)30-18-31-25(22)32-24(34)13-29-12-20-10-27(2,16-29)15-28(3,11-20)17-29/h4-7,18,20H,8-17H2,1-3H3,(H,30,31,32,34). The molecule has 184 valence electrons. The van der Waals surface area contributed by atoms with Gasteiger partial charge >= 0.3 is 0 Å². The van der Waals surface area contributed by atoms with E-state index in [4.69, 9.17) is 0 Å². The van der Waals surface area contributed by atoms with Gasteiger partial charge in [-0.1, -0.05) is 32.0 Å². The van der Waals surface area contributed by atoms with Crippen LogP contribution in [0.15, 0.2) is 30.6 Å². The van der Waals surface area contributed by atoms with Gasteiger partial charge in [0.2, 0.25) is 5.91 Å². The zero-order chi connectivity index (χ0) is 24.4. The summed E-state index contributed by atoms with van der Waals surface area (Å²) in [7, 11) is 0. The normalized spacial score (nSPS) is 32.9. The number of carbonyl (C=O) groups excluding carboxylic acids is 2. The van der Waals surface area contributed by atoms with Crippen LogP contribution in [0.3, 0.4) is 0 Å². The molecule has 6 nitrogen and oxygen atoms in total. The minimum absolute atomic E-state index is 0.0294. The summed E-state index contributed by atoms with van der Waals surface area (Å²) < 4.78 is 0. The molecule has 1 aromatic carbocycles. The Morgan fingerprint density at radius 2 is 1.80 bits per heavy atom. The molecule has 35 heavy (non-hydrogen) atoms. The van der Waals surface area contributed by atoms with E-state index in [0.717, 1.165) is 28.3 Å². The highest BCUT2D eigenvalue weighted by atomic mass is 16.2. The van der Waals surface area contributed by atoms with E-state index in [1.807, 2.05) is 36.1 Å². The number of rotatable bonds is 4. The maximum Gasteiger partial charge on any atom is 0.254 e. The average Bonchev–Trinajstić information content (AvgIpc) is 2.76. The van der Waals surface area contributed by atoms with E-state index in [2.05, 4.69) is 29.1 Å². The second kappa shape index (κ2) is 7.87. The summed E-state index contributed by atoms with van der Waals surface area (Å²) in [5.41, 5.74) is 4.45. The van der Waals surface area contributed by atoms with Crippen molar-refractivity contribution in [3.05, 3.63) is 53.0 Å². The quantitative estimate of drug-likeness (QED) is 0.654. The van der Waals surface area contributed by atoms with Crippen molar-refractivity contribution in [2.24, 2.45) is 22.2 Å². The van der Waals surface area contributed by atoms with Crippen molar-refractivity contribution in [2.45, 2.75) is 78.7 Å². The van der Waals surface area contributed by atoms with Gasteiger partial charge in [-0.3, -0.25) is 9.59 Å².